The van der Waals surface area contributed by atoms with Crippen LogP contribution in [0.3, 0.4) is 0 Å². The van der Waals surface area contributed by atoms with Crippen molar-refractivity contribution < 1.29 is 5.11 Å². The Hall–Kier alpha value is -0.890. The van der Waals surface area contributed by atoms with Crippen molar-refractivity contribution in [2.75, 3.05) is 0 Å². The van der Waals surface area contributed by atoms with Gasteiger partial charge in [0.1, 0.15) is 0 Å². The quantitative estimate of drug-likeness (QED) is 0.826. The van der Waals surface area contributed by atoms with Gasteiger partial charge in [-0.15, -0.1) is 0 Å². The van der Waals surface area contributed by atoms with Crippen LogP contribution in [0.4, 0.5) is 0 Å². The van der Waals surface area contributed by atoms with Crippen LogP contribution >= 0.6 is 0 Å². The first kappa shape index (κ1) is 10.3. The Morgan fingerprint density at radius 1 is 1.31 bits per heavy atom. The number of aliphatic hydroxyl groups is 1. The van der Waals surface area contributed by atoms with E-state index >= 15 is 0 Å². The Morgan fingerprint density at radius 2 is 2.19 bits per heavy atom. The second kappa shape index (κ2) is 3.85. The van der Waals surface area contributed by atoms with Crippen LogP contribution in [0, 0.1) is 24.7 Å². The maximum absolute atomic E-state index is 10.4. The van der Waals surface area contributed by atoms with Gasteiger partial charge in [-0.1, -0.05) is 12.5 Å². The van der Waals surface area contributed by atoms with Crippen molar-refractivity contribution in [1.29, 1.82) is 0 Å². The molecule has 4 atom stereocenters. The van der Waals surface area contributed by atoms with Gasteiger partial charge in [-0.05, 0) is 55.1 Å². The van der Waals surface area contributed by atoms with Crippen LogP contribution < -0.4 is 0 Å². The van der Waals surface area contributed by atoms with Crippen LogP contribution in [0.2, 0.25) is 0 Å². The summed E-state index contributed by atoms with van der Waals surface area (Å²) in [6.07, 6.45) is 8.66. The summed E-state index contributed by atoms with van der Waals surface area (Å²) in [4.78, 5) is 4.18. The molecule has 2 saturated carbocycles. The molecule has 1 aromatic rings. The highest BCUT2D eigenvalue weighted by atomic mass is 16.3. The van der Waals surface area contributed by atoms with Crippen molar-refractivity contribution in [3.63, 3.8) is 0 Å². The SMILES string of the molecule is Cc1cncc(C(O)C2CC3CCC2C3)c1. The molecule has 2 bridgehead atoms. The van der Waals surface area contributed by atoms with Crippen LogP contribution in [-0.4, -0.2) is 10.1 Å². The van der Waals surface area contributed by atoms with Crippen molar-refractivity contribution in [2.45, 2.75) is 38.7 Å². The molecule has 0 radical (unpaired) electrons. The smallest absolute Gasteiger partial charge is 0.0835 e. The molecule has 2 aliphatic rings. The average molecular weight is 217 g/mol. The molecule has 16 heavy (non-hydrogen) atoms. The van der Waals surface area contributed by atoms with Crippen LogP contribution in [0.25, 0.3) is 0 Å². The largest absolute Gasteiger partial charge is 0.388 e. The van der Waals surface area contributed by atoms with Gasteiger partial charge >= 0.3 is 0 Å². The van der Waals surface area contributed by atoms with Crippen LogP contribution in [-0.2, 0) is 0 Å². The van der Waals surface area contributed by atoms with Crippen molar-refractivity contribution in [3.05, 3.63) is 29.6 Å². The molecule has 1 heterocycles. The Labute approximate surface area is 96.7 Å². The Bertz CT molecular complexity index is 390. The van der Waals surface area contributed by atoms with Gasteiger partial charge in [0.15, 0.2) is 0 Å². The number of pyridine rings is 1. The zero-order chi connectivity index (χ0) is 11.1. The minimum absolute atomic E-state index is 0.289. The highest BCUT2D eigenvalue weighted by Crippen LogP contribution is 2.52. The Balaban J connectivity index is 1.80. The summed E-state index contributed by atoms with van der Waals surface area (Å²) in [5.41, 5.74) is 2.15. The molecule has 2 fully saturated rings. The second-order valence-corrected chi connectivity index (χ2v) is 5.58. The normalized spacial score (nSPS) is 34.2. The first-order chi connectivity index (χ1) is 7.74. The second-order valence-electron chi connectivity index (χ2n) is 5.58. The van der Waals surface area contributed by atoms with E-state index in [1.807, 2.05) is 19.3 Å². The lowest BCUT2D eigenvalue weighted by molar-refractivity contribution is 0.0742. The molecular weight excluding hydrogens is 198 g/mol. The van der Waals surface area contributed by atoms with Gasteiger partial charge in [-0.2, -0.15) is 0 Å². The van der Waals surface area contributed by atoms with E-state index in [4.69, 9.17) is 0 Å². The molecule has 0 aliphatic heterocycles. The van der Waals surface area contributed by atoms with E-state index in [9.17, 15) is 5.11 Å². The number of hydrogen-bond donors (Lipinski definition) is 1. The maximum Gasteiger partial charge on any atom is 0.0835 e. The molecule has 0 spiro atoms. The predicted molar refractivity (Wildman–Crippen MR) is 62.9 cm³/mol. The molecule has 2 aliphatic carbocycles. The number of aryl methyl sites for hydroxylation is 1. The van der Waals surface area contributed by atoms with Gasteiger partial charge in [0, 0.05) is 12.4 Å². The van der Waals surface area contributed by atoms with Crippen molar-refractivity contribution in [1.82, 2.24) is 4.98 Å². The first-order valence-corrected chi connectivity index (χ1v) is 6.33. The molecule has 1 aromatic heterocycles. The van der Waals surface area contributed by atoms with Gasteiger partial charge in [0.25, 0.3) is 0 Å². The third-order valence-corrected chi connectivity index (χ3v) is 4.44. The topological polar surface area (TPSA) is 33.1 Å². The summed E-state index contributed by atoms with van der Waals surface area (Å²) in [7, 11) is 0. The molecule has 1 N–H and O–H groups in total. The molecule has 3 rings (SSSR count). The van der Waals surface area contributed by atoms with E-state index in [2.05, 4.69) is 11.1 Å². The lowest BCUT2D eigenvalue weighted by atomic mass is 9.82. The number of fused-ring (bicyclic) bond motifs is 2. The summed E-state index contributed by atoms with van der Waals surface area (Å²) in [6, 6.07) is 2.07. The summed E-state index contributed by atoms with van der Waals surface area (Å²) in [5, 5.41) is 10.4. The van der Waals surface area contributed by atoms with Crippen LogP contribution in [0.1, 0.15) is 42.9 Å². The van der Waals surface area contributed by atoms with E-state index < -0.39 is 0 Å². The summed E-state index contributed by atoms with van der Waals surface area (Å²) >= 11 is 0. The predicted octanol–water partition coefficient (Wildman–Crippen LogP) is 2.86. The van der Waals surface area contributed by atoms with Gasteiger partial charge in [-0.25, -0.2) is 0 Å². The molecule has 86 valence electrons. The molecular formula is C14H19NO. The fourth-order valence-corrected chi connectivity index (χ4v) is 3.67. The van der Waals surface area contributed by atoms with Crippen LogP contribution in [0.15, 0.2) is 18.5 Å². The zero-order valence-electron chi connectivity index (χ0n) is 9.76. The molecule has 0 aromatic carbocycles. The molecule has 0 amide bonds. The standard InChI is InChI=1S/C14H19NO/c1-9-4-12(8-15-7-9)14(16)13-6-10-2-3-11(13)5-10/h4,7-8,10-11,13-14,16H,2-3,5-6H2,1H3. The third-order valence-electron chi connectivity index (χ3n) is 4.44. The van der Waals surface area contributed by atoms with Gasteiger partial charge in [0.2, 0.25) is 0 Å². The highest BCUT2D eigenvalue weighted by molar-refractivity contribution is 5.20. The monoisotopic (exact) mass is 217 g/mol. The van der Waals surface area contributed by atoms with Gasteiger partial charge < -0.3 is 5.11 Å². The maximum atomic E-state index is 10.4. The van der Waals surface area contributed by atoms with Crippen molar-refractivity contribution in [3.8, 4) is 0 Å². The molecule has 4 unspecified atom stereocenters. The summed E-state index contributed by atoms with van der Waals surface area (Å²) in [5.74, 6) is 2.14. The van der Waals surface area contributed by atoms with E-state index in [0.29, 0.717) is 5.92 Å². The zero-order valence-corrected chi connectivity index (χ0v) is 9.76. The van der Waals surface area contributed by atoms with Gasteiger partial charge in [0.05, 0.1) is 6.10 Å². The van der Waals surface area contributed by atoms with Crippen molar-refractivity contribution in [2.24, 2.45) is 17.8 Å². The first-order valence-electron chi connectivity index (χ1n) is 6.33. The number of aliphatic hydroxyl groups excluding tert-OH is 1. The van der Waals surface area contributed by atoms with E-state index in [1.165, 1.54) is 25.7 Å². The highest BCUT2D eigenvalue weighted by Gasteiger charge is 2.43. The fourth-order valence-electron chi connectivity index (χ4n) is 3.67. The lowest BCUT2D eigenvalue weighted by Crippen LogP contribution is -2.19. The number of nitrogens with zero attached hydrogens (tertiary/aromatic N) is 1. The molecule has 0 saturated heterocycles. The van der Waals surface area contributed by atoms with Gasteiger partial charge in [-0.3, -0.25) is 4.98 Å². The number of hydrogen-bond acceptors (Lipinski definition) is 2. The Morgan fingerprint density at radius 3 is 2.81 bits per heavy atom. The fraction of sp³-hybridized carbons (Fsp3) is 0.643. The van der Waals surface area contributed by atoms with E-state index in [0.717, 1.165) is 23.0 Å². The summed E-state index contributed by atoms with van der Waals surface area (Å²) < 4.78 is 0. The minimum atomic E-state index is -0.289. The third kappa shape index (κ3) is 1.65. The van der Waals surface area contributed by atoms with Crippen molar-refractivity contribution >= 4 is 0 Å². The number of aromatic nitrogens is 1. The van der Waals surface area contributed by atoms with Crippen LogP contribution in [0.5, 0.6) is 0 Å². The molecule has 2 nitrogen and oxygen atoms in total. The van der Waals surface area contributed by atoms with E-state index in [1.54, 1.807) is 0 Å². The number of rotatable bonds is 2. The summed E-state index contributed by atoms with van der Waals surface area (Å²) in [6.45, 7) is 2.03. The minimum Gasteiger partial charge on any atom is -0.388 e. The lowest BCUT2D eigenvalue weighted by Gasteiger charge is -2.26. The average Bonchev–Trinajstić information content (AvgIpc) is 2.89. The molecule has 2 heteroatoms. The van der Waals surface area contributed by atoms with E-state index in [-0.39, 0.29) is 6.10 Å². The Kier molecular flexibility index (Phi) is 2.47.